The maximum absolute atomic E-state index is 13.1. The predicted molar refractivity (Wildman–Crippen MR) is 67.3 cm³/mol. The Balaban J connectivity index is 2.20. The van der Waals surface area contributed by atoms with Gasteiger partial charge in [0.2, 0.25) is 0 Å². The van der Waals surface area contributed by atoms with E-state index in [2.05, 4.69) is 5.32 Å². The van der Waals surface area contributed by atoms with Crippen LogP contribution in [0.4, 0.5) is 10.1 Å². The number of carbonyl (C=O) groups excluding carboxylic acids is 1. The van der Waals surface area contributed by atoms with Crippen LogP contribution in [0.3, 0.4) is 0 Å². The molecule has 102 valence electrons. The van der Waals surface area contributed by atoms with Crippen molar-refractivity contribution in [2.45, 2.75) is 25.3 Å². The average molecular weight is 266 g/mol. The van der Waals surface area contributed by atoms with Crippen molar-refractivity contribution in [3.05, 3.63) is 29.6 Å². The van der Waals surface area contributed by atoms with Gasteiger partial charge in [-0.3, -0.25) is 9.59 Å². The van der Waals surface area contributed by atoms with Gasteiger partial charge in [-0.05, 0) is 37.0 Å². The van der Waals surface area contributed by atoms with E-state index < -0.39 is 17.7 Å². The molecule has 0 aliphatic heterocycles. The first-order chi connectivity index (χ1) is 8.97. The number of halogens is 1. The normalized spacial score (nSPS) is 15.8. The van der Waals surface area contributed by atoms with E-state index in [1.807, 2.05) is 0 Å². The fourth-order valence-corrected chi connectivity index (χ4v) is 2.07. The van der Waals surface area contributed by atoms with Gasteiger partial charge in [-0.25, -0.2) is 4.39 Å². The van der Waals surface area contributed by atoms with Gasteiger partial charge in [0, 0.05) is 11.7 Å². The van der Waals surface area contributed by atoms with Crippen LogP contribution >= 0.6 is 0 Å². The van der Waals surface area contributed by atoms with Crippen molar-refractivity contribution < 1.29 is 19.1 Å². The van der Waals surface area contributed by atoms with Crippen molar-refractivity contribution in [1.29, 1.82) is 0 Å². The van der Waals surface area contributed by atoms with E-state index in [0.29, 0.717) is 5.69 Å². The summed E-state index contributed by atoms with van der Waals surface area (Å²) in [6.07, 6.45) is 1.87. The zero-order valence-corrected chi connectivity index (χ0v) is 10.2. The Bertz CT molecular complexity index is 515. The molecule has 1 aromatic rings. The number of carbonyl (C=O) groups is 2. The van der Waals surface area contributed by atoms with Crippen LogP contribution < -0.4 is 11.1 Å². The van der Waals surface area contributed by atoms with Crippen LogP contribution in [-0.2, 0) is 4.79 Å². The zero-order chi connectivity index (χ0) is 14.0. The van der Waals surface area contributed by atoms with Gasteiger partial charge in [0.15, 0.2) is 0 Å². The molecule has 0 aromatic heterocycles. The van der Waals surface area contributed by atoms with E-state index in [0.717, 1.165) is 18.9 Å². The average Bonchev–Trinajstić information content (AvgIpc) is 3.13. The molecule has 6 heteroatoms. The third kappa shape index (κ3) is 3.43. The second-order valence-electron chi connectivity index (χ2n) is 4.74. The maximum Gasteiger partial charge on any atom is 0.305 e. The van der Waals surface area contributed by atoms with Crippen LogP contribution in [0.25, 0.3) is 0 Å². The third-order valence-electron chi connectivity index (χ3n) is 3.17. The second-order valence-corrected chi connectivity index (χ2v) is 4.74. The van der Waals surface area contributed by atoms with E-state index >= 15 is 0 Å². The summed E-state index contributed by atoms with van der Waals surface area (Å²) in [6.45, 7) is 0. The van der Waals surface area contributed by atoms with Crippen LogP contribution in [0.1, 0.15) is 29.6 Å². The van der Waals surface area contributed by atoms with Crippen molar-refractivity contribution in [1.82, 2.24) is 0 Å². The summed E-state index contributed by atoms with van der Waals surface area (Å²) in [5, 5.41) is 11.9. The Kier molecular flexibility index (Phi) is 3.69. The Labute approximate surface area is 109 Å². The van der Waals surface area contributed by atoms with E-state index in [9.17, 15) is 14.0 Å². The minimum atomic E-state index is -0.910. The lowest BCUT2D eigenvalue weighted by Gasteiger charge is -2.19. The van der Waals surface area contributed by atoms with E-state index in [-0.39, 0.29) is 23.9 Å². The number of rotatable bonds is 6. The summed E-state index contributed by atoms with van der Waals surface area (Å²) < 4.78 is 13.1. The van der Waals surface area contributed by atoms with E-state index in [1.165, 1.54) is 12.1 Å². The van der Waals surface area contributed by atoms with Crippen molar-refractivity contribution in [2.24, 2.45) is 11.7 Å². The maximum atomic E-state index is 13.1. The molecule has 1 aromatic carbocycles. The molecule has 1 unspecified atom stereocenters. The van der Waals surface area contributed by atoms with Crippen LogP contribution in [0.5, 0.6) is 0 Å². The molecule has 4 N–H and O–H groups in total. The molecule has 1 atom stereocenters. The van der Waals surface area contributed by atoms with Crippen molar-refractivity contribution in [3.8, 4) is 0 Å². The van der Waals surface area contributed by atoms with Gasteiger partial charge >= 0.3 is 5.97 Å². The molecule has 0 heterocycles. The van der Waals surface area contributed by atoms with E-state index in [1.54, 1.807) is 0 Å². The summed E-state index contributed by atoms with van der Waals surface area (Å²) in [4.78, 5) is 22.1. The highest BCUT2D eigenvalue weighted by atomic mass is 19.1. The quantitative estimate of drug-likeness (QED) is 0.729. The number of benzene rings is 1. The number of amides is 1. The molecule has 1 saturated carbocycles. The largest absolute Gasteiger partial charge is 0.481 e. The molecule has 1 fully saturated rings. The molecule has 2 rings (SSSR count). The summed E-state index contributed by atoms with van der Waals surface area (Å²) >= 11 is 0. The summed E-state index contributed by atoms with van der Waals surface area (Å²) in [5.41, 5.74) is 5.61. The van der Waals surface area contributed by atoms with Crippen LogP contribution in [-0.4, -0.2) is 23.0 Å². The van der Waals surface area contributed by atoms with Crippen LogP contribution in [0, 0.1) is 11.7 Å². The highest BCUT2D eigenvalue weighted by Crippen LogP contribution is 2.36. The first-order valence-electron chi connectivity index (χ1n) is 6.05. The number of hydrogen-bond acceptors (Lipinski definition) is 3. The molecule has 1 amide bonds. The molecule has 19 heavy (non-hydrogen) atoms. The fraction of sp³-hybridized carbons (Fsp3) is 0.385. The van der Waals surface area contributed by atoms with Gasteiger partial charge in [-0.2, -0.15) is 0 Å². The van der Waals surface area contributed by atoms with Gasteiger partial charge in [-0.15, -0.1) is 0 Å². The lowest BCUT2D eigenvalue weighted by Crippen LogP contribution is -2.27. The predicted octanol–water partition coefficient (Wildman–Crippen LogP) is 1.59. The SMILES string of the molecule is NC(=O)c1cc(F)ccc1NC(CC(=O)O)C1CC1. The van der Waals surface area contributed by atoms with Gasteiger partial charge in [0.1, 0.15) is 5.82 Å². The number of nitrogens with two attached hydrogens (primary N) is 1. The Morgan fingerprint density at radius 2 is 2.16 bits per heavy atom. The lowest BCUT2D eigenvalue weighted by atomic mass is 10.1. The molecule has 0 saturated heterocycles. The smallest absolute Gasteiger partial charge is 0.305 e. The van der Waals surface area contributed by atoms with Crippen molar-refractivity contribution in [3.63, 3.8) is 0 Å². The minimum absolute atomic E-state index is 0.0380. The highest BCUT2D eigenvalue weighted by Gasteiger charge is 2.33. The molecule has 0 radical (unpaired) electrons. The zero-order valence-electron chi connectivity index (χ0n) is 10.2. The number of carboxylic acid groups (broad SMARTS) is 1. The highest BCUT2D eigenvalue weighted by molar-refractivity contribution is 5.98. The number of primary amides is 1. The van der Waals surface area contributed by atoms with E-state index in [4.69, 9.17) is 10.8 Å². The van der Waals surface area contributed by atoms with Crippen molar-refractivity contribution >= 4 is 17.6 Å². The molecule has 0 spiro atoms. The minimum Gasteiger partial charge on any atom is -0.481 e. The summed E-state index contributed by atoms with van der Waals surface area (Å²) in [7, 11) is 0. The first kappa shape index (κ1) is 13.3. The fourth-order valence-electron chi connectivity index (χ4n) is 2.07. The van der Waals surface area contributed by atoms with Crippen LogP contribution in [0.15, 0.2) is 18.2 Å². The van der Waals surface area contributed by atoms with Gasteiger partial charge in [-0.1, -0.05) is 0 Å². The number of hydrogen-bond donors (Lipinski definition) is 3. The third-order valence-corrected chi connectivity index (χ3v) is 3.17. The summed E-state index contributed by atoms with van der Waals surface area (Å²) in [5.74, 6) is -1.93. The van der Waals surface area contributed by atoms with Crippen LogP contribution in [0.2, 0.25) is 0 Å². The lowest BCUT2D eigenvalue weighted by molar-refractivity contribution is -0.137. The topological polar surface area (TPSA) is 92.4 Å². The standard InChI is InChI=1S/C13H15FN2O3/c14-8-3-4-10(9(5-8)13(15)19)16-11(6-12(17)18)7-1-2-7/h3-5,7,11,16H,1-2,6H2,(H2,15,19)(H,17,18). The monoisotopic (exact) mass is 266 g/mol. The van der Waals surface area contributed by atoms with Gasteiger partial charge < -0.3 is 16.2 Å². The Morgan fingerprint density at radius 3 is 2.68 bits per heavy atom. The summed E-state index contributed by atoms with van der Waals surface area (Å²) in [6, 6.07) is 3.41. The Morgan fingerprint density at radius 1 is 1.47 bits per heavy atom. The Hall–Kier alpha value is -2.11. The van der Waals surface area contributed by atoms with Gasteiger partial charge in [0.05, 0.1) is 12.0 Å². The number of carboxylic acids is 1. The number of aliphatic carboxylic acids is 1. The molecule has 0 bridgehead atoms. The number of nitrogens with one attached hydrogen (secondary N) is 1. The molecular formula is C13H15FN2O3. The second kappa shape index (κ2) is 5.26. The molecule has 1 aliphatic carbocycles. The van der Waals surface area contributed by atoms with Gasteiger partial charge in [0.25, 0.3) is 5.91 Å². The van der Waals surface area contributed by atoms with Crippen molar-refractivity contribution in [2.75, 3.05) is 5.32 Å². The molecule has 1 aliphatic rings. The number of anilines is 1. The first-order valence-corrected chi connectivity index (χ1v) is 6.05. The molecular weight excluding hydrogens is 251 g/mol. The molecule has 5 nitrogen and oxygen atoms in total.